The molecule has 0 aromatic carbocycles. The molecule has 0 saturated carbocycles. The second kappa shape index (κ2) is 15.0. The molecular formula is C18H39IN4O2. The lowest BCUT2D eigenvalue weighted by molar-refractivity contribution is 0.0420. The van der Waals surface area contributed by atoms with Gasteiger partial charge in [-0.15, -0.1) is 24.0 Å². The summed E-state index contributed by atoms with van der Waals surface area (Å²) in [4.78, 5) is 6.64. The van der Waals surface area contributed by atoms with Crippen LogP contribution in [0.25, 0.3) is 0 Å². The van der Waals surface area contributed by atoms with Gasteiger partial charge in [-0.25, -0.2) is 0 Å². The van der Waals surface area contributed by atoms with Gasteiger partial charge in [0, 0.05) is 39.4 Å². The van der Waals surface area contributed by atoms with Crippen LogP contribution in [0.1, 0.15) is 39.5 Å². The lowest BCUT2D eigenvalue weighted by atomic mass is 9.93. The number of guanidine groups is 1. The van der Waals surface area contributed by atoms with Crippen LogP contribution in [-0.4, -0.2) is 77.1 Å². The number of nitrogens with one attached hydrogen (secondary N) is 2. The SMILES string of the molecule is CCC(CC)C(CNC(=NC)NCCCOC1CCOC1)N(C)C.I. The molecule has 1 aliphatic rings. The molecule has 0 aromatic heterocycles. The first-order valence-electron chi connectivity index (χ1n) is 9.42. The molecule has 1 rings (SSSR count). The zero-order chi connectivity index (χ0) is 17.8. The number of hydrogen-bond acceptors (Lipinski definition) is 4. The molecule has 0 aliphatic carbocycles. The van der Waals surface area contributed by atoms with Gasteiger partial charge >= 0.3 is 0 Å². The van der Waals surface area contributed by atoms with Crippen molar-refractivity contribution in [2.24, 2.45) is 10.9 Å². The minimum Gasteiger partial charge on any atom is -0.379 e. The fraction of sp³-hybridized carbons (Fsp3) is 0.944. The summed E-state index contributed by atoms with van der Waals surface area (Å²) in [5.74, 6) is 1.57. The van der Waals surface area contributed by atoms with Crippen LogP contribution in [0, 0.1) is 5.92 Å². The predicted molar refractivity (Wildman–Crippen MR) is 116 cm³/mol. The summed E-state index contributed by atoms with van der Waals surface area (Å²) in [6.07, 6.45) is 4.70. The highest BCUT2D eigenvalue weighted by Gasteiger charge is 2.20. The number of nitrogens with zero attached hydrogens (tertiary/aromatic N) is 2. The van der Waals surface area contributed by atoms with Crippen LogP contribution in [0.2, 0.25) is 0 Å². The second-order valence-corrected chi connectivity index (χ2v) is 6.70. The van der Waals surface area contributed by atoms with Crippen molar-refractivity contribution >= 4 is 29.9 Å². The maximum absolute atomic E-state index is 5.78. The molecule has 0 amide bonds. The summed E-state index contributed by atoms with van der Waals surface area (Å²) in [7, 11) is 6.14. The molecule has 150 valence electrons. The average molecular weight is 470 g/mol. The first-order valence-corrected chi connectivity index (χ1v) is 9.42. The molecule has 0 bridgehead atoms. The lowest BCUT2D eigenvalue weighted by Crippen LogP contribution is -2.48. The molecule has 6 nitrogen and oxygen atoms in total. The molecule has 0 radical (unpaired) electrons. The first kappa shape index (κ1) is 24.9. The minimum absolute atomic E-state index is 0. The van der Waals surface area contributed by atoms with Gasteiger partial charge in [-0.2, -0.15) is 0 Å². The number of likely N-dealkylation sites (N-methyl/N-ethyl adjacent to an activating group) is 1. The van der Waals surface area contributed by atoms with Crippen molar-refractivity contribution in [3.8, 4) is 0 Å². The van der Waals surface area contributed by atoms with E-state index in [4.69, 9.17) is 9.47 Å². The number of rotatable bonds is 11. The Labute approximate surface area is 171 Å². The molecule has 7 heteroatoms. The highest BCUT2D eigenvalue weighted by atomic mass is 127. The van der Waals surface area contributed by atoms with Crippen molar-refractivity contribution in [2.45, 2.75) is 51.7 Å². The Hall–Kier alpha value is -0.120. The van der Waals surface area contributed by atoms with Gasteiger partial charge in [-0.05, 0) is 32.9 Å². The average Bonchev–Trinajstić information content (AvgIpc) is 3.09. The molecule has 2 atom stereocenters. The molecular weight excluding hydrogens is 431 g/mol. The van der Waals surface area contributed by atoms with Crippen LogP contribution in [0.15, 0.2) is 4.99 Å². The van der Waals surface area contributed by atoms with E-state index in [0.29, 0.717) is 18.1 Å². The van der Waals surface area contributed by atoms with E-state index in [-0.39, 0.29) is 24.0 Å². The Morgan fingerprint density at radius 3 is 2.52 bits per heavy atom. The smallest absolute Gasteiger partial charge is 0.191 e. The monoisotopic (exact) mass is 470 g/mol. The van der Waals surface area contributed by atoms with Gasteiger partial charge in [0.05, 0.1) is 12.7 Å². The normalized spacial score (nSPS) is 19.2. The molecule has 0 spiro atoms. The summed E-state index contributed by atoms with van der Waals surface area (Å²) < 4.78 is 11.1. The van der Waals surface area contributed by atoms with E-state index >= 15 is 0 Å². The molecule has 1 heterocycles. The molecule has 0 aromatic rings. The second-order valence-electron chi connectivity index (χ2n) is 6.70. The van der Waals surface area contributed by atoms with Crippen LogP contribution in [0.4, 0.5) is 0 Å². The van der Waals surface area contributed by atoms with E-state index in [2.05, 4.69) is 48.5 Å². The van der Waals surface area contributed by atoms with E-state index in [1.807, 2.05) is 7.05 Å². The van der Waals surface area contributed by atoms with Crippen LogP contribution in [-0.2, 0) is 9.47 Å². The van der Waals surface area contributed by atoms with Crippen molar-refractivity contribution in [1.29, 1.82) is 0 Å². The Morgan fingerprint density at radius 2 is 2.00 bits per heavy atom. The molecule has 25 heavy (non-hydrogen) atoms. The van der Waals surface area contributed by atoms with Gasteiger partial charge in [0.2, 0.25) is 0 Å². The maximum Gasteiger partial charge on any atom is 0.191 e. The molecule has 2 unspecified atom stereocenters. The number of ether oxygens (including phenoxy) is 2. The Morgan fingerprint density at radius 1 is 1.28 bits per heavy atom. The lowest BCUT2D eigenvalue weighted by Gasteiger charge is -2.32. The van der Waals surface area contributed by atoms with Gasteiger partial charge in [-0.1, -0.05) is 26.7 Å². The van der Waals surface area contributed by atoms with Crippen molar-refractivity contribution in [2.75, 3.05) is 54.1 Å². The highest BCUT2D eigenvalue weighted by Crippen LogP contribution is 2.16. The van der Waals surface area contributed by atoms with Crippen LogP contribution in [0.5, 0.6) is 0 Å². The Bertz CT molecular complexity index is 346. The van der Waals surface area contributed by atoms with Gasteiger partial charge in [-0.3, -0.25) is 4.99 Å². The third kappa shape index (κ3) is 9.96. The number of aliphatic imine (C=N–C) groups is 1. The third-order valence-corrected chi connectivity index (χ3v) is 4.81. The summed E-state index contributed by atoms with van der Waals surface area (Å²) in [5.41, 5.74) is 0. The largest absolute Gasteiger partial charge is 0.379 e. The Kier molecular flexibility index (Phi) is 14.9. The molecule has 2 N–H and O–H groups in total. The van der Waals surface area contributed by atoms with Crippen molar-refractivity contribution in [1.82, 2.24) is 15.5 Å². The third-order valence-electron chi connectivity index (χ3n) is 4.81. The molecule has 1 fully saturated rings. The van der Waals surface area contributed by atoms with Gasteiger partial charge in [0.25, 0.3) is 0 Å². The summed E-state index contributed by atoms with van der Waals surface area (Å²) in [5, 5.41) is 6.84. The van der Waals surface area contributed by atoms with E-state index in [1.165, 1.54) is 12.8 Å². The van der Waals surface area contributed by atoms with E-state index in [1.54, 1.807) is 0 Å². The van der Waals surface area contributed by atoms with Crippen molar-refractivity contribution in [3.63, 3.8) is 0 Å². The van der Waals surface area contributed by atoms with Crippen LogP contribution >= 0.6 is 24.0 Å². The number of halogens is 1. The van der Waals surface area contributed by atoms with E-state index < -0.39 is 0 Å². The van der Waals surface area contributed by atoms with Crippen LogP contribution in [0.3, 0.4) is 0 Å². The zero-order valence-corrected chi connectivity index (χ0v) is 19.0. The van der Waals surface area contributed by atoms with Gasteiger partial charge in [0.1, 0.15) is 0 Å². The number of hydrogen-bond donors (Lipinski definition) is 2. The standard InChI is InChI=1S/C18H38N4O2.HI/c1-6-15(7-2)17(22(4)5)13-21-18(19-3)20-10-8-11-24-16-9-12-23-14-16;/h15-17H,6-14H2,1-5H3,(H2,19,20,21);1H. The van der Waals surface area contributed by atoms with Crippen molar-refractivity contribution < 1.29 is 9.47 Å². The summed E-state index contributed by atoms with van der Waals surface area (Å²) >= 11 is 0. The van der Waals surface area contributed by atoms with Gasteiger partial charge in [0.15, 0.2) is 5.96 Å². The first-order chi connectivity index (χ1) is 11.6. The van der Waals surface area contributed by atoms with E-state index in [0.717, 1.165) is 51.7 Å². The molecule has 1 saturated heterocycles. The zero-order valence-electron chi connectivity index (χ0n) is 16.7. The minimum atomic E-state index is 0. The van der Waals surface area contributed by atoms with Crippen molar-refractivity contribution in [3.05, 3.63) is 0 Å². The Balaban J connectivity index is 0.00000576. The summed E-state index contributed by atoms with van der Waals surface area (Å²) in [6.45, 7) is 8.67. The molecule has 1 aliphatic heterocycles. The fourth-order valence-corrected chi connectivity index (χ4v) is 3.20. The van der Waals surface area contributed by atoms with Crippen LogP contribution < -0.4 is 10.6 Å². The maximum atomic E-state index is 5.78. The summed E-state index contributed by atoms with van der Waals surface area (Å²) in [6, 6.07) is 0.518. The predicted octanol–water partition coefficient (Wildman–Crippen LogP) is 2.33. The topological polar surface area (TPSA) is 58.1 Å². The van der Waals surface area contributed by atoms with E-state index in [9.17, 15) is 0 Å². The quantitative estimate of drug-likeness (QED) is 0.210. The highest BCUT2D eigenvalue weighted by molar-refractivity contribution is 14.0. The van der Waals surface area contributed by atoms with Gasteiger partial charge < -0.3 is 25.0 Å². The fourth-order valence-electron chi connectivity index (χ4n) is 3.20.